The largest absolute Gasteiger partial charge is 0.496 e. The Hall–Kier alpha value is -1.37. The van der Waals surface area contributed by atoms with E-state index < -0.39 is 30.1 Å². The Morgan fingerprint density at radius 1 is 1.27 bits per heavy atom. The van der Waals surface area contributed by atoms with Crippen molar-refractivity contribution in [1.29, 1.82) is 0 Å². The van der Waals surface area contributed by atoms with Crippen molar-refractivity contribution in [3.63, 3.8) is 0 Å². The summed E-state index contributed by atoms with van der Waals surface area (Å²) in [6.07, 6.45) is 0. The van der Waals surface area contributed by atoms with Crippen LogP contribution in [0, 0.1) is 0 Å². The minimum Gasteiger partial charge on any atom is -0.399 e. The molecule has 0 spiro atoms. The van der Waals surface area contributed by atoms with Crippen molar-refractivity contribution >= 4 is 35.8 Å². The van der Waals surface area contributed by atoms with Crippen LogP contribution in [0.3, 0.4) is 0 Å². The maximum atomic E-state index is 12.7. The maximum Gasteiger partial charge on any atom is 0.496 e. The van der Waals surface area contributed by atoms with Gasteiger partial charge in [-0.05, 0) is 39.8 Å². The maximum absolute atomic E-state index is 12.7. The lowest BCUT2D eigenvalue weighted by Crippen LogP contribution is -2.41. The number of carbonyl (C=O) groups excluding carboxylic acids is 1. The predicted octanol–water partition coefficient (Wildman–Crippen LogP) is 3.06. The molecule has 4 nitrogen and oxygen atoms in total. The molecule has 7 heteroatoms. The highest BCUT2D eigenvalue weighted by molar-refractivity contribution is 6.65. The SMILES string of the molecule is C=C(F)C(=O)Nc1ccc(B2OC(C)(C)C(C)(C)O2)c(Cl)c1. The average molecular weight is 326 g/mol. The normalized spacial score (nSPS) is 19.1. The third kappa shape index (κ3) is 3.19. The third-order valence-electron chi connectivity index (χ3n) is 4.01. The lowest BCUT2D eigenvalue weighted by Gasteiger charge is -2.32. The summed E-state index contributed by atoms with van der Waals surface area (Å²) in [7, 11) is -0.599. The van der Waals surface area contributed by atoms with Gasteiger partial charge in [-0.1, -0.05) is 24.2 Å². The summed E-state index contributed by atoms with van der Waals surface area (Å²) in [5.41, 5.74) is 0.0751. The molecule has 22 heavy (non-hydrogen) atoms. The van der Waals surface area contributed by atoms with E-state index in [2.05, 4.69) is 11.9 Å². The molecule has 1 aromatic rings. The van der Waals surface area contributed by atoms with Crippen LogP contribution in [0.15, 0.2) is 30.6 Å². The first-order chi connectivity index (χ1) is 10.0. The van der Waals surface area contributed by atoms with E-state index in [1.54, 1.807) is 12.1 Å². The molecule has 0 bridgehead atoms. The first kappa shape index (κ1) is 17.0. The van der Waals surface area contributed by atoms with Gasteiger partial charge in [-0.2, -0.15) is 0 Å². The van der Waals surface area contributed by atoms with E-state index in [4.69, 9.17) is 20.9 Å². The highest BCUT2D eigenvalue weighted by Gasteiger charge is 2.52. The monoisotopic (exact) mass is 325 g/mol. The van der Waals surface area contributed by atoms with Gasteiger partial charge < -0.3 is 14.6 Å². The van der Waals surface area contributed by atoms with E-state index in [-0.39, 0.29) is 0 Å². The average Bonchev–Trinajstić information content (AvgIpc) is 2.58. The van der Waals surface area contributed by atoms with Crippen LogP contribution in [0.4, 0.5) is 10.1 Å². The predicted molar refractivity (Wildman–Crippen MR) is 86.0 cm³/mol. The third-order valence-corrected chi connectivity index (χ3v) is 4.34. The molecule has 0 saturated carbocycles. The van der Waals surface area contributed by atoms with Gasteiger partial charge >= 0.3 is 7.12 Å². The van der Waals surface area contributed by atoms with Gasteiger partial charge in [-0.25, -0.2) is 4.39 Å². The number of anilines is 1. The molecular weight excluding hydrogens is 307 g/mol. The second-order valence-corrected chi connectivity index (χ2v) is 6.59. The minimum absolute atomic E-state index is 0.362. The summed E-state index contributed by atoms with van der Waals surface area (Å²) < 4.78 is 24.5. The lowest BCUT2D eigenvalue weighted by molar-refractivity contribution is -0.114. The van der Waals surface area contributed by atoms with E-state index in [1.165, 1.54) is 6.07 Å². The Labute approximate surface area is 134 Å². The minimum atomic E-state index is -1.06. The van der Waals surface area contributed by atoms with E-state index in [1.807, 2.05) is 27.7 Å². The molecule has 0 unspecified atom stereocenters. The van der Waals surface area contributed by atoms with Gasteiger partial charge in [0, 0.05) is 16.2 Å². The zero-order chi connectivity index (χ0) is 16.7. The highest BCUT2D eigenvalue weighted by atomic mass is 35.5. The van der Waals surface area contributed by atoms with Crippen LogP contribution < -0.4 is 10.8 Å². The second kappa shape index (κ2) is 5.68. The van der Waals surface area contributed by atoms with Gasteiger partial charge in [-0.15, -0.1) is 0 Å². The fourth-order valence-corrected chi connectivity index (χ4v) is 2.23. The smallest absolute Gasteiger partial charge is 0.399 e. The van der Waals surface area contributed by atoms with Crippen LogP contribution in [-0.2, 0) is 14.1 Å². The van der Waals surface area contributed by atoms with Crippen molar-refractivity contribution in [3.8, 4) is 0 Å². The summed E-state index contributed by atoms with van der Waals surface area (Å²) in [6.45, 7) is 10.7. The van der Waals surface area contributed by atoms with Crippen LogP contribution in [0.1, 0.15) is 27.7 Å². The first-order valence-corrected chi connectivity index (χ1v) is 7.22. The molecule has 1 amide bonds. The summed E-state index contributed by atoms with van der Waals surface area (Å²) in [5.74, 6) is -1.97. The fraction of sp³-hybridized carbons (Fsp3) is 0.400. The Balaban J connectivity index is 2.21. The zero-order valence-corrected chi connectivity index (χ0v) is 13.8. The summed E-state index contributed by atoms with van der Waals surface area (Å²) >= 11 is 6.23. The van der Waals surface area contributed by atoms with Gasteiger partial charge in [-0.3, -0.25) is 4.79 Å². The van der Waals surface area contributed by atoms with E-state index >= 15 is 0 Å². The van der Waals surface area contributed by atoms with Crippen molar-refractivity contribution in [3.05, 3.63) is 35.6 Å². The molecule has 1 fully saturated rings. The van der Waals surface area contributed by atoms with Crippen molar-refractivity contribution in [2.75, 3.05) is 5.32 Å². The number of amides is 1. The Kier molecular flexibility index (Phi) is 4.39. The van der Waals surface area contributed by atoms with Gasteiger partial charge in [0.2, 0.25) is 0 Å². The Bertz CT molecular complexity index is 617. The molecule has 118 valence electrons. The quantitative estimate of drug-likeness (QED) is 0.686. The molecule has 0 aromatic heterocycles. The molecular formula is C15H18BClFNO3. The Morgan fingerprint density at radius 3 is 2.27 bits per heavy atom. The molecule has 1 aliphatic heterocycles. The number of hydrogen-bond acceptors (Lipinski definition) is 3. The second-order valence-electron chi connectivity index (χ2n) is 6.18. The van der Waals surface area contributed by atoms with Gasteiger partial charge in [0.1, 0.15) is 0 Å². The number of halogens is 2. The topological polar surface area (TPSA) is 47.6 Å². The summed E-state index contributed by atoms with van der Waals surface area (Å²) in [5, 5.41) is 2.71. The molecule has 1 aliphatic rings. The van der Waals surface area contributed by atoms with E-state index in [0.29, 0.717) is 16.2 Å². The van der Waals surface area contributed by atoms with Crippen LogP contribution in [0.2, 0.25) is 5.02 Å². The molecule has 0 radical (unpaired) electrons. The van der Waals surface area contributed by atoms with Gasteiger partial charge in [0.15, 0.2) is 5.83 Å². The van der Waals surface area contributed by atoms with Crippen LogP contribution in [-0.4, -0.2) is 24.2 Å². The van der Waals surface area contributed by atoms with Crippen molar-refractivity contribution < 1.29 is 18.5 Å². The molecule has 1 saturated heterocycles. The lowest BCUT2D eigenvalue weighted by atomic mass is 9.79. The summed E-state index contributed by atoms with van der Waals surface area (Å²) in [6, 6.07) is 4.80. The number of benzene rings is 1. The molecule has 2 rings (SSSR count). The molecule has 1 heterocycles. The molecule has 0 aliphatic carbocycles. The zero-order valence-electron chi connectivity index (χ0n) is 13.0. The van der Waals surface area contributed by atoms with Crippen molar-refractivity contribution in [2.45, 2.75) is 38.9 Å². The van der Waals surface area contributed by atoms with E-state index in [0.717, 1.165) is 0 Å². The van der Waals surface area contributed by atoms with Crippen LogP contribution in [0.5, 0.6) is 0 Å². The van der Waals surface area contributed by atoms with Gasteiger partial charge in [0.05, 0.1) is 11.2 Å². The number of carbonyl (C=O) groups is 1. The first-order valence-electron chi connectivity index (χ1n) is 6.84. The van der Waals surface area contributed by atoms with E-state index in [9.17, 15) is 9.18 Å². The van der Waals surface area contributed by atoms with Crippen molar-refractivity contribution in [2.24, 2.45) is 0 Å². The van der Waals surface area contributed by atoms with Crippen LogP contribution in [0.25, 0.3) is 0 Å². The highest BCUT2D eigenvalue weighted by Crippen LogP contribution is 2.37. The fourth-order valence-electron chi connectivity index (χ4n) is 1.96. The summed E-state index contributed by atoms with van der Waals surface area (Å²) in [4.78, 5) is 11.3. The Morgan fingerprint density at radius 2 is 1.82 bits per heavy atom. The van der Waals surface area contributed by atoms with Crippen molar-refractivity contribution in [1.82, 2.24) is 0 Å². The standard InChI is InChI=1S/C15H18BClFNO3/c1-9(18)13(20)19-10-6-7-11(12(17)8-10)16-21-14(2,3)15(4,5)22-16/h6-8H,1H2,2-5H3,(H,19,20). The molecule has 0 atom stereocenters. The van der Waals surface area contributed by atoms with Crippen LogP contribution >= 0.6 is 11.6 Å². The number of rotatable bonds is 3. The number of hydrogen-bond donors (Lipinski definition) is 1. The molecule has 1 aromatic carbocycles. The molecule has 1 N–H and O–H groups in total. The number of nitrogens with one attached hydrogen (secondary N) is 1. The van der Waals surface area contributed by atoms with Gasteiger partial charge in [0.25, 0.3) is 5.91 Å².